The first-order valence-electron chi connectivity index (χ1n) is 12.4. The predicted octanol–water partition coefficient (Wildman–Crippen LogP) is 2.91. The zero-order chi connectivity index (χ0) is 24.1. The molecule has 0 radical (unpaired) electrons. The number of hydrogen-bond acceptors (Lipinski definition) is 7. The minimum Gasteiger partial charge on any atom is -0.396 e. The lowest BCUT2D eigenvalue weighted by Crippen LogP contribution is -2.37. The van der Waals surface area contributed by atoms with Crippen molar-refractivity contribution in [1.29, 1.82) is 0 Å². The number of halogens is 1. The fourth-order valence-electron chi connectivity index (χ4n) is 5.62. The number of carbonyl (C=O) groups is 1. The fourth-order valence-corrected chi connectivity index (χ4v) is 5.62. The Labute approximate surface area is 202 Å². The van der Waals surface area contributed by atoms with E-state index in [1.807, 2.05) is 6.07 Å². The number of ether oxygens (including phenoxy) is 1. The van der Waals surface area contributed by atoms with E-state index in [-0.39, 0.29) is 24.4 Å². The van der Waals surface area contributed by atoms with Crippen LogP contribution in [0.25, 0.3) is 5.65 Å². The van der Waals surface area contributed by atoms with E-state index in [4.69, 9.17) is 9.72 Å². The summed E-state index contributed by atoms with van der Waals surface area (Å²) < 4.78 is 23.5. The topological polar surface area (TPSA) is 110 Å². The van der Waals surface area contributed by atoms with Crippen molar-refractivity contribution in [3.8, 4) is 0 Å². The summed E-state index contributed by atoms with van der Waals surface area (Å²) in [6.07, 6.45) is 8.46. The average Bonchev–Trinajstić information content (AvgIpc) is 3.66. The maximum absolute atomic E-state index is 14.4. The van der Waals surface area contributed by atoms with E-state index in [1.165, 1.54) is 13.1 Å². The average molecular weight is 484 g/mol. The largest absolute Gasteiger partial charge is 0.396 e. The third-order valence-electron chi connectivity index (χ3n) is 7.63. The molecule has 3 atom stereocenters. The molecule has 35 heavy (non-hydrogen) atoms. The fraction of sp³-hybridized carbons (Fsp3) is 0.583. The highest BCUT2D eigenvalue weighted by molar-refractivity contribution is 6.08. The number of nitrogens with zero attached hydrogens (tertiary/aromatic N) is 6. The number of rotatable bonds is 6. The molecule has 3 fully saturated rings. The Balaban J connectivity index is 1.24. The number of aliphatic hydroxyl groups excluding tert-OH is 1. The van der Waals surface area contributed by atoms with Gasteiger partial charge < -0.3 is 20.1 Å². The molecule has 1 aliphatic carbocycles. The quantitative estimate of drug-likeness (QED) is 0.555. The van der Waals surface area contributed by atoms with E-state index in [1.54, 1.807) is 21.6 Å². The molecular weight excluding hydrogens is 453 g/mol. The Morgan fingerprint density at radius 3 is 2.83 bits per heavy atom. The van der Waals surface area contributed by atoms with Crippen LogP contribution in [0.1, 0.15) is 67.3 Å². The van der Waals surface area contributed by atoms with Crippen molar-refractivity contribution < 1.29 is 19.0 Å². The molecule has 186 valence electrons. The van der Waals surface area contributed by atoms with E-state index in [9.17, 15) is 14.3 Å². The zero-order valence-electron chi connectivity index (χ0n) is 19.7. The molecule has 3 aromatic heterocycles. The number of morpholine rings is 1. The third-order valence-corrected chi connectivity index (χ3v) is 7.63. The highest BCUT2D eigenvalue weighted by atomic mass is 19.1. The van der Waals surface area contributed by atoms with Crippen LogP contribution in [0.3, 0.4) is 0 Å². The van der Waals surface area contributed by atoms with Crippen LogP contribution in [0.5, 0.6) is 0 Å². The number of nitrogens with one attached hydrogen (secondary N) is 1. The Bertz CT molecular complexity index is 1230. The van der Waals surface area contributed by atoms with Gasteiger partial charge in [-0.05, 0) is 51.0 Å². The number of hydrogen-bond donors (Lipinski definition) is 2. The van der Waals surface area contributed by atoms with Crippen LogP contribution in [0.4, 0.5) is 15.9 Å². The first kappa shape index (κ1) is 22.4. The number of alkyl halides is 1. The second-order valence-electron chi connectivity index (χ2n) is 9.94. The second kappa shape index (κ2) is 8.87. The maximum Gasteiger partial charge on any atom is 0.261 e. The Kier molecular flexibility index (Phi) is 5.68. The highest BCUT2D eigenvalue weighted by Gasteiger charge is 2.39. The summed E-state index contributed by atoms with van der Waals surface area (Å²) in [6.45, 7) is 3.10. The van der Waals surface area contributed by atoms with Gasteiger partial charge >= 0.3 is 0 Å². The number of amides is 1. The molecule has 1 amide bonds. The van der Waals surface area contributed by atoms with Crippen molar-refractivity contribution in [2.24, 2.45) is 5.92 Å². The van der Waals surface area contributed by atoms with Gasteiger partial charge in [0.05, 0.1) is 36.7 Å². The van der Waals surface area contributed by atoms with E-state index in [0.29, 0.717) is 35.5 Å². The van der Waals surface area contributed by atoms with Gasteiger partial charge in [0.1, 0.15) is 23.2 Å². The zero-order valence-corrected chi connectivity index (χ0v) is 19.7. The molecule has 1 saturated carbocycles. The van der Waals surface area contributed by atoms with Gasteiger partial charge in [0, 0.05) is 25.5 Å². The van der Waals surface area contributed by atoms with Crippen LogP contribution >= 0.6 is 0 Å². The summed E-state index contributed by atoms with van der Waals surface area (Å²) in [6, 6.07) is 2.34. The SMILES string of the molecule is CC(F)c1nn([C@H]2CC[C@H](CO)CC2)cc1NC(=O)c1cnn2ccc(N3C[C@H]4C[C@@H]3CO4)nc12. The predicted molar refractivity (Wildman–Crippen MR) is 126 cm³/mol. The lowest BCUT2D eigenvalue weighted by Gasteiger charge is -2.27. The molecule has 3 aromatic rings. The summed E-state index contributed by atoms with van der Waals surface area (Å²) in [4.78, 5) is 20.2. The number of carbonyl (C=O) groups excluding carboxylic acids is 1. The minimum absolute atomic E-state index is 0.127. The highest BCUT2D eigenvalue weighted by Crippen LogP contribution is 2.35. The van der Waals surface area contributed by atoms with Crippen molar-refractivity contribution in [2.45, 2.75) is 63.4 Å². The molecule has 0 spiro atoms. The molecule has 2 aliphatic heterocycles. The molecule has 2 N–H and O–H groups in total. The van der Waals surface area contributed by atoms with E-state index < -0.39 is 12.1 Å². The number of aliphatic hydroxyl groups is 1. The summed E-state index contributed by atoms with van der Waals surface area (Å²) >= 11 is 0. The van der Waals surface area contributed by atoms with Crippen LogP contribution in [-0.2, 0) is 4.74 Å². The summed E-state index contributed by atoms with van der Waals surface area (Å²) in [5.41, 5.74) is 1.34. The van der Waals surface area contributed by atoms with Gasteiger partial charge in [-0.3, -0.25) is 9.48 Å². The normalized spacial score (nSPS) is 27.0. The lowest BCUT2D eigenvalue weighted by atomic mass is 9.87. The molecule has 2 saturated heterocycles. The Morgan fingerprint density at radius 2 is 2.14 bits per heavy atom. The monoisotopic (exact) mass is 483 g/mol. The molecule has 11 heteroatoms. The maximum atomic E-state index is 14.4. The van der Waals surface area contributed by atoms with Gasteiger partial charge in [-0.1, -0.05) is 0 Å². The van der Waals surface area contributed by atoms with Crippen molar-refractivity contribution in [1.82, 2.24) is 24.4 Å². The van der Waals surface area contributed by atoms with Crippen molar-refractivity contribution in [3.05, 3.63) is 35.9 Å². The van der Waals surface area contributed by atoms with Crippen LogP contribution in [0.15, 0.2) is 24.7 Å². The number of aromatic nitrogens is 5. The Morgan fingerprint density at radius 1 is 1.31 bits per heavy atom. The smallest absolute Gasteiger partial charge is 0.261 e. The molecule has 3 aliphatic rings. The lowest BCUT2D eigenvalue weighted by molar-refractivity contribution is 0.0988. The third kappa shape index (κ3) is 4.06. The van der Waals surface area contributed by atoms with Crippen molar-refractivity contribution in [3.63, 3.8) is 0 Å². The summed E-state index contributed by atoms with van der Waals surface area (Å²) in [5, 5.41) is 21.0. The summed E-state index contributed by atoms with van der Waals surface area (Å²) in [5.74, 6) is 0.713. The van der Waals surface area contributed by atoms with E-state index >= 15 is 0 Å². The number of fused-ring (bicyclic) bond motifs is 3. The first-order valence-corrected chi connectivity index (χ1v) is 12.4. The van der Waals surface area contributed by atoms with Crippen molar-refractivity contribution in [2.75, 3.05) is 30.0 Å². The molecule has 0 aromatic carbocycles. The molecule has 5 heterocycles. The van der Waals surface area contributed by atoms with Gasteiger partial charge in [0.25, 0.3) is 5.91 Å². The molecular formula is C24H30FN7O3. The summed E-state index contributed by atoms with van der Waals surface area (Å²) in [7, 11) is 0. The van der Waals surface area contributed by atoms with Gasteiger partial charge in [-0.2, -0.15) is 10.2 Å². The van der Waals surface area contributed by atoms with E-state index in [0.717, 1.165) is 44.5 Å². The first-order chi connectivity index (χ1) is 17.0. The van der Waals surface area contributed by atoms with Gasteiger partial charge in [-0.25, -0.2) is 13.9 Å². The van der Waals surface area contributed by atoms with Crippen LogP contribution in [0, 0.1) is 5.92 Å². The molecule has 1 unspecified atom stereocenters. The molecule has 10 nitrogen and oxygen atoms in total. The van der Waals surface area contributed by atoms with Crippen LogP contribution < -0.4 is 10.2 Å². The standard InChI is InChI=1S/C24H30FN7O3/c1-14(25)22-20(11-32(29-22)16-4-2-15(12-33)3-5-16)27-24(34)19-9-26-31-7-6-21(28-23(19)31)30-10-18-8-17(30)13-35-18/h6-7,9,11,14-18,33H,2-5,8,10,12-13H2,1H3,(H,27,34)/t14?,15-,16-,17-,18-/m1/s1. The molecule has 2 bridgehead atoms. The van der Waals surface area contributed by atoms with Gasteiger partial charge in [-0.15, -0.1) is 0 Å². The minimum atomic E-state index is -1.33. The van der Waals surface area contributed by atoms with Crippen LogP contribution in [-0.4, -0.2) is 67.3 Å². The Hall–Kier alpha value is -3.05. The van der Waals surface area contributed by atoms with Crippen molar-refractivity contribution >= 4 is 23.1 Å². The van der Waals surface area contributed by atoms with E-state index in [2.05, 4.69) is 20.4 Å². The van der Waals surface area contributed by atoms with Crippen LogP contribution in [0.2, 0.25) is 0 Å². The van der Waals surface area contributed by atoms with Gasteiger partial charge in [0.2, 0.25) is 0 Å². The molecule has 6 rings (SSSR count). The number of anilines is 2. The van der Waals surface area contributed by atoms with Gasteiger partial charge in [0.15, 0.2) is 5.65 Å². The second-order valence-corrected chi connectivity index (χ2v) is 9.94.